The fraction of sp³-hybridized carbons (Fsp3) is 0. The Hall–Kier alpha value is -0.910. The molecule has 1 heterocycles. The second kappa shape index (κ2) is 2.85. The van der Waals surface area contributed by atoms with E-state index in [-0.39, 0.29) is 5.56 Å². The summed E-state index contributed by atoms with van der Waals surface area (Å²) in [5.41, 5.74) is 1.44. The molecule has 1 aromatic heterocycles. The van der Waals surface area contributed by atoms with Crippen LogP contribution in [0.1, 0.15) is 0 Å². The van der Waals surface area contributed by atoms with Crippen LogP contribution in [0.2, 0.25) is 0 Å². The van der Waals surface area contributed by atoms with Crippen LogP contribution < -0.4 is 5.56 Å². The van der Waals surface area contributed by atoms with Crippen molar-refractivity contribution in [1.82, 2.24) is 9.97 Å². The molecule has 2 aromatic rings. The lowest BCUT2D eigenvalue weighted by Crippen LogP contribution is -2.04. The topological polar surface area (TPSA) is 45.8 Å². The van der Waals surface area contributed by atoms with E-state index in [4.69, 9.17) is 0 Å². The molecule has 12 heavy (non-hydrogen) atoms. The van der Waals surface area contributed by atoms with E-state index in [2.05, 4.69) is 32.6 Å². The third kappa shape index (κ3) is 1.34. The molecule has 0 aliphatic carbocycles. The smallest absolute Gasteiger partial charge is 0.266 e. The van der Waals surface area contributed by atoms with Crippen LogP contribution in [-0.2, 0) is 0 Å². The van der Waals surface area contributed by atoms with E-state index in [0.717, 1.165) is 14.6 Å². The van der Waals surface area contributed by atoms with Crippen LogP contribution in [0.4, 0.5) is 0 Å². The third-order valence-electron chi connectivity index (χ3n) is 1.54. The van der Waals surface area contributed by atoms with Gasteiger partial charge in [0.2, 0.25) is 0 Å². The van der Waals surface area contributed by atoms with Crippen molar-refractivity contribution in [1.29, 1.82) is 0 Å². The maximum atomic E-state index is 10.8. The van der Waals surface area contributed by atoms with Crippen molar-refractivity contribution in [2.45, 2.75) is 0 Å². The normalized spacial score (nSPS) is 10.4. The summed E-state index contributed by atoms with van der Waals surface area (Å²) in [5.74, 6) is 0. The lowest BCUT2D eigenvalue weighted by molar-refractivity contribution is 1.22. The summed E-state index contributed by atoms with van der Waals surface area (Å²) in [5, 5.41) is 0. The van der Waals surface area contributed by atoms with Crippen LogP contribution in [0.3, 0.4) is 0 Å². The summed E-state index contributed by atoms with van der Waals surface area (Å²) in [6.07, 6.45) is 1.29. The first-order chi connectivity index (χ1) is 5.75. The van der Waals surface area contributed by atoms with Crippen LogP contribution in [-0.4, -0.2) is 9.97 Å². The Kier molecular flexibility index (Phi) is 1.84. The van der Waals surface area contributed by atoms with Gasteiger partial charge in [-0.2, -0.15) is 0 Å². The first kappa shape index (κ1) is 7.72. The highest BCUT2D eigenvalue weighted by Crippen LogP contribution is 2.10. The number of halogens is 1. The molecular formula is C8H5IN2O. The first-order valence-corrected chi connectivity index (χ1v) is 4.48. The fourth-order valence-corrected chi connectivity index (χ4v) is 1.49. The zero-order valence-corrected chi connectivity index (χ0v) is 8.20. The number of fused-ring (bicyclic) bond motifs is 1. The van der Waals surface area contributed by atoms with Gasteiger partial charge < -0.3 is 4.98 Å². The van der Waals surface area contributed by atoms with Gasteiger partial charge in [-0.15, -0.1) is 0 Å². The third-order valence-corrected chi connectivity index (χ3v) is 2.21. The van der Waals surface area contributed by atoms with Crippen LogP contribution in [0.5, 0.6) is 0 Å². The largest absolute Gasteiger partial charge is 0.319 e. The minimum Gasteiger partial charge on any atom is -0.319 e. The fourth-order valence-electron chi connectivity index (χ4n) is 1.01. The van der Waals surface area contributed by atoms with Gasteiger partial charge in [-0.25, -0.2) is 4.98 Å². The van der Waals surface area contributed by atoms with Crippen molar-refractivity contribution in [2.24, 2.45) is 0 Å². The van der Waals surface area contributed by atoms with Crippen molar-refractivity contribution in [3.8, 4) is 0 Å². The molecule has 3 nitrogen and oxygen atoms in total. The van der Waals surface area contributed by atoms with Crippen molar-refractivity contribution < 1.29 is 0 Å². The van der Waals surface area contributed by atoms with Crippen LogP contribution in [0.25, 0.3) is 11.0 Å². The number of H-pyrrole nitrogens is 1. The average molecular weight is 272 g/mol. The van der Waals surface area contributed by atoms with Crippen molar-refractivity contribution in [3.63, 3.8) is 0 Å². The van der Waals surface area contributed by atoms with Crippen LogP contribution in [0, 0.1) is 3.57 Å². The molecule has 0 bridgehead atoms. The average Bonchev–Trinajstić information content (AvgIpc) is 2.05. The number of nitrogens with zero attached hydrogens (tertiary/aromatic N) is 1. The Balaban J connectivity index is 2.87. The lowest BCUT2D eigenvalue weighted by Gasteiger charge is -1.95. The molecule has 1 aromatic carbocycles. The number of hydrogen-bond donors (Lipinski definition) is 1. The molecule has 0 fully saturated rings. The Morgan fingerprint density at radius 1 is 1.42 bits per heavy atom. The van der Waals surface area contributed by atoms with Crippen LogP contribution >= 0.6 is 22.6 Å². The van der Waals surface area contributed by atoms with E-state index >= 15 is 0 Å². The highest BCUT2D eigenvalue weighted by atomic mass is 127. The monoisotopic (exact) mass is 272 g/mol. The number of hydrogen-bond acceptors (Lipinski definition) is 2. The molecule has 0 unspecified atom stereocenters. The standard InChI is InChI=1S/C8H5IN2O/c9-5-1-2-6-7(3-5)10-4-8(12)11-6/h1-4H,(H,11,12). The molecule has 0 aliphatic rings. The van der Waals surface area contributed by atoms with E-state index < -0.39 is 0 Å². The first-order valence-electron chi connectivity index (χ1n) is 3.40. The van der Waals surface area contributed by atoms with E-state index in [0.29, 0.717) is 0 Å². The maximum absolute atomic E-state index is 10.8. The number of benzene rings is 1. The highest BCUT2D eigenvalue weighted by molar-refractivity contribution is 14.1. The van der Waals surface area contributed by atoms with Gasteiger partial charge in [0.1, 0.15) is 0 Å². The molecule has 60 valence electrons. The number of aromatic nitrogens is 2. The summed E-state index contributed by atoms with van der Waals surface area (Å²) in [6, 6.07) is 5.71. The maximum Gasteiger partial charge on any atom is 0.266 e. The van der Waals surface area contributed by atoms with Gasteiger partial charge in [0.05, 0.1) is 17.2 Å². The molecule has 2 rings (SSSR count). The second-order valence-corrected chi connectivity index (χ2v) is 3.65. The van der Waals surface area contributed by atoms with Gasteiger partial charge in [-0.05, 0) is 40.8 Å². The molecule has 0 amide bonds. The molecular weight excluding hydrogens is 267 g/mol. The Morgan fingerprint density at radius 3 is 3.08 bits per heavy atom. The zero-order valence-electron chi connectivity index (χ0n) is 6.04. The highest BCUT2D eigenvalue weighted by Gasteiger charge is 1.94. The van der Waals surface area contributed by atoms with Gasteiger partial charge >= 0.3 is 0 Å². The zero-order chi connectivity index (χ0) is 8.55. The van der Waals surface area contributed by atoms with Crippen molar-refractivity contribution >= 4 is 33.6 Å². The van der Waals surface area contributed by atoms with E-state index in [9.17, 15) is 4.79 Å². The Bertz CT molecular complexity index is 478. The van der Waals surface area contributed by atoms with Crippen LogP contribution in [0.15, 0.2) is 29.2 Å². The summed E-state index contributed by atoms with van der Waals surface area (Å²) >= 11 is 2.20. The van der Waals surface area contributed by atoms with Crippen molar-refractivity contribution in [2.75, 3.05) is 0 Å². The van der Waals surface area contributed by atoms with Crippen molar-refractivity contribution in [3.05, 3.63) is 38.3 Å². The Morgan fingerprint density at radius 2 is 2.25 bits per heavy atom. The van der Waals surface area contributed by atoms with Gasteiger partial charge in [0.15, 0.2) is 0 Å². The summed E-state index contributed by atoms with van der Waals surface area (Å²) in [6.45, 7) is 0. The minimum absolute atomic E-state index is 0.163. The molecule has 0 atom stereocenters. The van der Waals surface area contributed by atoms with Gasteiger partial charge in [-0.3, -0.25) is 4.79 Å². The predicted octanol–water partition coefficient (Wildman–Crippen LogP) is 1.53. The summed E-state index contributed by atoms with van der Waals surface area (Å²) in [4.78, 5) is 17.5. The van der Waals surface area contributed by atoms with E-state index in [1.54, 1.807) is 0 Å². The lowest BCUT2D eigenvalue weighted by atomic mass is 10.3. The minimum atomic E-state index is -0.163. The summed E-state index contributed by atoms with van der Waals surface area (Å²) < 4.78 is 1.11. The van der Waals surface area contributed by atoms with Gasteiger partial charge in [-0.1, -0.05) is 0 Å². The molecule has 0 saturated carbocycles. The summed E-state index contributed by atoms with van der Waals surface area (Å²) in [7, 11) is 0. The molecule has 0 radical (unpaired) electrons. The Labute approximate surface area is 82.0 Å². The number of aromatic amines is 1. The molecule has 0 saturated heterocycles. The van der Waals surface area contributed by atoms with Gasteiger partial charge in [0.25, 0.3) is 5.56 Å². The van der Waals surface area contributed by atoms with Gasteiger partial charge in [0, 0.05) is 3.57 Å². The molecule has 1 N–H and O–H groups in total. The molecule has 4 heteroatoms. The quantitative estimate of drug-likeness (QED) is 0.739. The second-order valence-electron chi connectivity index (χ2n) is 2.41. The molecule has 0 spiro atoms. The van der Waals surface area contributed by atoms with E-state index in [1.807, 2.05) is 18.2 Å². The number of nitrogens with one attached hydrogen (secondary N) is 1. The predicted molar refractivity (Wildman–Crippen MR) is 55.1 cm³/mol. The van der Waals surface area contributed by atoms with E-state index in [1.165, 1.54) is 6.20 Å². The SMILES string of the molecule is O=c1cnc2cc(I)ccc2[nH]1. The molecule has 0 aliphatic heterocycles. The number of rotatable bonds is 0.